The number of aromatic nitrogens is 2. The molecule has 2 N–H and O–H groups in total. The van der Waals surface area contributed by atoms with Crippen LogP contribution in [0.25, 0.3) is 0 Å². The molecule has 2 aliphatic heterocycles. The van der Waals surface area contributed by atoms with Gasteiger partial charge in [0, 0.05) is 6.20 Å². The van der Waals surface area contributed by atoms with E-state index in [0.29, 0.717) is 13.2 Å². The first kappa shape index (κ1) is 19.3. The van der Waals surface area contributed by atoms with Gasteiger partial charge in [-0.1, -0.05) is 0 Å². The highest BCUT2D eigenvalue weighted by molar-refractivity contribution is 5.24. The number of nitrogens with zero attached hydrogens (tertiary/aromatic N) is 2. The van der Waals surface area contributed by atoms with Gasteiger partial charge in [-0.15, -0.1) is 0 Å². The molecular formula is C18H29N3O5. The Hall–Kier alpha value is -1.48. The third-order valence-electron chi connectivity index (χ3n) is 4.33. The molecular weight excluding hydrogens is 338 g/mol. The van der Waals surface area contributed by atoms with Gasteiger partial charge in [0.2, 0.25) is 0 Å². The number of nitrogen functional groups attached to an aromatic ring is 1. The molecule has 1 aromatic rings. The molecule has 0 aliphatic carbocycles. The Bertz CT molecular complexity index is 721. The van der Waals surface area contributed by atoms with Crippen molar-refractivity contribution < 1.29 is 18.9 Å². The van der Waals surface area contributed by atoms with E-state index in [-0.39, 0.29) is 17.5 Å². The quantitative estimate of drug-likeness (QED) is 0.861. The summed E-state index contributed by atoms with van der Waals surface area (Å²) in [6, 6.07) is 1.56. The summed E-state index contributed by atoms with van der Waals surface area (Å²) in [6.07, 6.45) is 0.145. The van der Waals surface area contributed by atoms with Crippen molar-refractivity contribution in [2.75, 3.05) is 18.9 Å². The van der Waals surface area contributed by atoms with E-state index in [1.165, 1.54) is 4.57 Å². The lowest BCUT2D eigenvalue weighted by atomic mass is 9.98. The van der Waals surface area contributed by atoms with Crippen molar-refractivity contribution in [3.05, 3.63) is 22.7 Å². The molecule has 146 valence electrons. The molecule has 0 spiro atoms. The highest BCUT2D eigenvalue weighted by atomic mass is 16.7. The van der Waals surface area contributed by atoms with Crippen LogP contribution >= 0.6 is 0 Å². The predicted molar refractivity (Wildman–Crippen MR) is 95.8 cm³/mol. The van der Waals surface area contributed by atoms with Gasteiger partial charge in [0.25, 0.3) is 0 Å². The zero-order chi connectivity index (χ0) is 19.3. The number of anilines is 1. The number of fused-ring (bicyclic) bond motifs is 2. The van der Waals surface area contributed by atoms with Crippen molar-refractivity contribution in [2.45, 2.75) is 76.8 Å². The van der Waals surface area contributed by atoms with Crippen LogP contribution in [0.3, 0.4) is 0 Å². The fraction of sp³-hybridized carbons (Fsp3) is 0.778. The average Bonchev–Trinajstić information content (AvgIpc) is 2.95. The molecule has 8 nitrogen and oxygen atoms in total. The molecule has 4 atom stereocenters. The van der Waals surface area contributed by atoms with Gasteiger partial charge < -0.3 is 24.7 Å². The molecule has 0 aromatic carbocycles. The van der Waals surface area contributed by atoms with E-state index in [2.05, 4.69) is 4.98 Å². The van der Waals surface area contributed by atoms with Crippen LogP contribution < -0.4 is 11.4 Å². The fourth-order valence-electron chi connectivity index (χ4n) is 3.23. The van der Waals surface area contributed by atoms with Crippen molar-refractivity contribution >= 4 is 5.82 Å². The molecule has 3 rings (SSSR count). The lowest BCUT2D eigenvalue weighted by Crippen LogP contribution is -2.50. The minimum atomic E-state index is -0.781. The first-order chi connectivity index (χ1) is 11.9. The highest BCUT2D eigenvalue weighted by Crippen LogP contribution is 2.47. The topological polar surface area (TPSA) is 97.8 Å². The van der Waals surface area contributed by atoms with Crippen molar-refractivity contribution in [3.8, 4) is 0 Å². The van der Waals surface area contributed by atoms with Crippen LogP contribution in [0.5, 0.6) is 0 Å². The summed E-state index contributed by atoms with van der Waals surface area (Å²) >= 11 is 0. The summed E-state index contributed by atoms with van der Waals surface area (Å²) in [6.45, 7) is 12.6. The molecule has 0 saturated carbocycles. The second-order valence-corrected chi connectivity index (χ2v) is 8.94. The molecule has 2 bridgehead atoms. The van der Waals surface area contributed by atoms with E-state index in [1.807, 2.05) is 41.5 Å². The molecule has 1 aromatic heterocycles. The number of hydrogen-bond donors (Lipinski definition) is 1. The van der Waals surface area contributed by atoms with Crippen molar-refractivity contribution in [1.82, 2.24) is 9.55 Å². The maximum absolute atomic E-state index is 12.3. The predicted octanol–water partition coefficient (Wildman–Crippen LogP) is 1.49. The van der Waals surface area contributed by atoms with Gasteiger partial charge in [-0.25, -0.2) is 4.79 Å². The average molecular weight is 367 g/mol. The van der Waals surface area contributed by atoms with E-state index in [0.717, 1.165) is 0 Å². The van der Waals surface area contributed by atoms with Crippen LogP contribution in [0.1, 0.15) is 47.8 Å². The van der Waals surface area contributed by atoms with Crippen LogP contribution in [0.2, 0.25) is 0 Å². The summed E-state index contributed by atoms with van der Waals surface area (Å²) in [5.74, 6) is 0.170. The molecule has 0 radical (unpaired) electrons. The third kappa shape index (κ3) is 3.78. The van der Waals surface area contributed by atoms with E-state index < -0.39 is 29.2 Å². The summed E-state index contributed by atoms with van der Waals surface area (Å²) in [5.41, 5.74) is 3.60. The van der Waals surface area contributed by atoms with Crippen molar-refractivity contribution in [3.63, 3.8) is 0 Å². The molecule has 0 amide bonds. The molecule has 2 fully saturated rings. The van der Waals surface area contributed by atoms with Crippen LogP contribution in [-0.4, -0.2) is 51.8 Å². The molecule has 8 heteroatoms. The first-order valence-corrected chi connectivity index (χ1v) is 8.86. The number of nitrogens with two attached hydrogens (primary N) is 1. The lowest BCUT2D eigenvalue weighted by Gasteiger charge is -2.35. The lowest BCUT2D eigenvalue weighted by molar-refractivity contribution is -0.211. The van der Waals surface area contributed by atoms with E-state index in [4.69, 9.17) is 24.7 Å². The smallest absolute Gasteiger partial charge is 0.351 e. The minimum absolute atomic E-state index is 0.170. The zero-order valence-corrected chi connectivity index (χ0v) is 16.3. The van der Waals surface area contributed by atoms with Crippen LogP contribution in [-0.2, 0) is 18.9 Å². The van der Waals surface area contributed by atoms with Gasteiger partial charge in [0.15, 0.2) is 6.23 Å². The molecule has 1 unspecified atom stereocenters. The molecule has 3 heterocycles. The Morgan fingerprint density at radius 1 is 1.31 bits per heavy atom. The first-order valence-electron chi connectivity index (χ1n) is 8.86. The number of rotatable bonds is 4. The van der Waals surface area contributed by atoms with Gasteiger partial charge >= 0.3 is 5.69 Å². The van der Waals surface area contributed by atoms with E-state index in [1.54, 1.807) is 12.3 Å². The van der Waals surface area contributed by atoms with Crippen molar-refractivity contribution in [1.29, 1.82) is 0 Å². The van der Waals surface area contributed by atoms with Crippen molar-refractivity contribution in [2.24, 2.45) is 0 Å². The summed E-state index contributed by atoms with van der Waals surface area (Å²) < 4.78 is 26.0. The monoisotopic (exact) mass is 367 g/mol. The standard InChI is InChI=1S/C18H29N3O5/c1-16(2,3)24-10-18-9-23-12(13(18)25-17(4,5)6)14(26-18)21-8-7-11(19)20-15(21)22/h7-8,12-14H,9-10H2,1-6H3,(H2,19,20,22)/t12-,13?,14+,18+/m0/s1. The highest BCUT2D eigenvalue weighted by Gasteiger charge is 2.64. The van der Waals surface area contributed by atoms with Gasteiger partial charge in [0.1, 0.15) is 23.6 Å². The Morgan fingerprint density at radius 2 is 2.00 bits per heavy atom. The van der Waals surface area contributed by atoms with Crippen LogP contribution in [0.15, 0.2) is 17.1 Å². The normalized spacial score (nSPS) is 31.5. The second kappa shape index (κ2) is 6.30. The molecule has 2 saturated heterocycles. The zero-order valence-electron chi connectivity index (χ0n) is 16.3. The Morgan fingerprint density at radius 3 is 2.58 bits per heavy atom. The maximum atomic E-state index is 12.3. The van der Waals surface area contributed by atoms with E-state index >= 15 is 0 Å². The van der Waals surface area contributed by atoms with Gasteiger partial charge in [-0.05, 0) is 47.6 Å². The van der Waals surface area contributed by atoms with Crippen LogP contribution in [0.4, 0.5) is 5.82 Å². The van der Waals surface area contributed by atoms with Gasteiger partial charge in [-0.2, -0.15) is 4.98 Å². The van der Waals surface area contributed by atoms with E-state index in [9.17, 15) is 4.79 Å². The minimum Gasteiger partial charge on any atom is -0.383 e. The summed E-state index contributed by atoms with van der Waals surface area (Å²) in [4.78, 5) is 16.1. The Kier molecular flexibility index (Phi) is 4.67. The Balaban J connectivity index is 1.93. The number of ether oxygens (including phenoxy) is 4. The largest absolute Gasteiger partial charge is 0.383 e. The van der Waals surface area contributed by atoms with Gasteiger partial charge in [-0.3, -0.25) is 4.57 Å². The summed E-state index contributed by atoms with van der Waals surface area (Å²) in [7, 11) is 0. The Labute approximate surface area is 153 Å². The maximum Gasteiger partial charge on any atom is 0.351 e. The molecule has 2 aliphatic rings. The fourth-order valence-corrected chi connectivity index (χ4v) is 3.23. The second-order valence-electron chi connectivity index (χ2n) is 8.94. The van der Waals surface area contributed by atoms with Crippen LogP contribution in [0, 0.1) is 0 Å². The third-order valence-corrected chi connectivity index (χ3v) is 4.33. The summed E-state index contributed by atoms with van der Waals surface area (Å²) in [5, 5.41) is 0. The van der Waals surface area contributed by atoms with Gasteiger partial charge in [0.05, 0.1) is 24.4 Å². The number of hydrogen-bond acceptors (Lipinski definition) is 7. The SMILES string of the molecule is CC(C)(C)OC[C@]12CO[C@@H](C1OC(C)(C)C)[C@H](n1ccc(N)nc1=O)O2. The molecule has 26 heavy (non-hydrogen) atoms.